The summed E-state index contributed by atoms with van der Waals surface area (Å²) in [7, 11) is 3.28. The Bertz CT molecular complexity index is 311. The summed E-state index contributed by atoms with van der Waals surface area (Å²) < 4.78 is 16.0. The summed E-state index contributed by atoms with van der Waals surface area (Å²) in [6, 6.07) is 8.11. The first-order chi connectivity index (χ1) is 6.85. The molecular weight excluding hydrogens is 180 g/mol. The van der Waals surface area contributed by atoms with Gasteiger partial charge in [-0.2, -0.15) is 0 Å². The van der Waals surface area contributed by atoms with Crippen LogP contribution in [-0.2, 0) is 20.6 Å². The minimum Gasteiger partial charge on any atom is -0.355 e. The Morgan fingerprint density at radius 2 is 2.00 bits per heavy atom. The van der Waals surface area contributed by atoms with Gasteiger partial charge in [-0.3, -0.25) is 0 Å². The Hall–Kier alpha value is -0.900. The van der Waals surface area contributed by atoms with Gasteiger partial charge in [0.15, 0.2) is 12.6 Å². The van der Waals surface area contributed by atoms with Gasteiger partial charge in [-0.1, -0.05) is 24.3 Å². The molecule has 2 atom stereocenters. The predicted octanol–water partition coefficient (Wildman–Crippen LogP) is 1.88. The molecule has 76 valence electrons. The van der Waals surface area contributed by atoms with Crippen LogP contribution in [0.3, 0.4) is 0 Å². The van der Waals surface area contributed by atoms with E-state index in [1.165, 1.54) is 5.56 Å². The summed E-state index contributed by atoms with van der Waals surface area (Å²) in [4.78, 5) is 0. The molecule has 0 amide bonds. The Labute approximate surface area is 83.6 Å². The monoisotopic (exact) mass is 194 g/mol. The molecule has 1 aliphatic heterocycles. The lowest BCUT2D eigenvalue weighted by Gasteiger charge is -2.30. The Kier molecular flexibility index (Phi) is 2.82. The molecule has 2 rings (SSSR count). The smallest absolute Gasteiger partial charge is 0.186 e. The van der Waals surface area contributed by atoms with Crippen molar-refractivity contribution >= 4 is 0 Å². The van der Waals surface area contributed by atoms with Crippen molar-refractivity contribution in [1.29, 1.82) is 0 Å². The second-order valence-corrected chi connectivity index (χ2v) is 3.27. The first kappa shape index (κ1) is 9.65. The van der Waals surface area contributed by atoms with Crippen LogP contribution in [0.15, 0.2) is 24.3 Å². The third-order valence-electron chi connectivity index (χ3n) is 2.45. The van der Waals surface area contributed by atoms with Gasteiger partial charge in [0.2, 0.25) is 0 Å². The SMILES string of the molecule is COC1Cc2ccccc2C(OC)O1. The van der Waals surface area contributed by atoms with Crippen LogP contribution >= 0.6 is 0 Å². The average molecular weight is 194 g/mol. The zero-order valence-corrected chi connectivity index (χ0v) is 8.40. The van der Waals surface area contributed by atoms with E-state index in [2.05, 4.69) is 6.07 Å². The molecular formula is C11H14O3. The number of hydrogen-bond acceptors (Lipinski definition) is 3. The Morgan fingerprint density at radius 3 is 2.71 bits per heavy atom. The highest BCUT2D eigenvalue weighted by atomic mass is 16.8. The number of hydrogen-bond donors (Lipinski definition) is 0. The van der Waals surface area contributed by atoms with Crippen molar-refractivity contribution in [2.45, 2.75) is 19.0 Å². The molecule has 0 aliphatic carbocycles. The predicted molar refractivity (Wildman–Crippen MR) is 51.8 cm³/mol. The second-order valence-electron chi connectivity index (χ2n) is 3.27. The number of methoxy groups -OCH3 is 2. The number of fused-ring (bicyclic) bond motifs is 1. The largest absolute Gasteiger partial charge is 0.355 e. The van der Waals surface area contributed by atoms with E-state index in [1.807, 2.05) is 18.2 Å². The van der Waals surface area contributed by atoms with Crippen LogP contribution in [0, 0.1) is 0 Å². The zero-order chi connectivity index (χ0) is 9.97. The topological polar surface area (TPSA) is 27.7 Å². The molecule has 0 fully saturated rings. The van der Waals surface area contributed by atoms with Crippen LogP contribution in [0.4, 0.5) is 0 Å². The molecule has 1 aromatic carbocycles. The molecule has 0 N–H and O–H groups in total. The van der Waals surface area contributed by atoms with Gasteiger partial charge < -0.3 is 14.2 Å². The number of benzene rings is 1. The van der Waals surface area contributed by atoms with Gasteiger partial charge >= 0.3 is 0 Å². The molecule has 1 heterocycles. The van der Waals surface area contributed by atoms with Crippen molar-refractivity contribution < 1.29 is 14.2 Å². The summed E-state index contributed by atoms with van der Waals surface area (Å²) in [5, 5.41) is 0. The summed E-state index contributed by atoms with van der Waals surface area (Å²) in [6.07, 6.45) is 0.284. The lowest BCUT2D eigenvalue weighted by molar-refractivity contribution is -0.240. The van der Waals surface area contributed by atoms with Crippen LogP contribution in [0.1, 0.15) is 17.4 Å². The minimum atomic E-state index is -0.301. The van der Waals surface area contributed by atoms with Gasteiger partial charge in [-0.05, 0) is 5.56 Å². The van der Waals surface area contributed by atoms with Crippen LogP contribution in [0.2, 0.25) is 0 Å². The fourth-order valence-electron chi connectivity index (χ4n) is 1.71. The first-order valence-electron chi connectivity index (χ1n) is 4.64. The first-order valence-corrected chi connectivity index (χ1v) is 4.64. The van der Waals surface area contributed by atoms with E-state index >= 15 is 0 Å². The fraction of sp³-hybridized carbons (Fsp3) is 0.455. The molecule has 14 heavy (non-hydrogen) atoms. The van der Waals surface area contributed by atoms with Crippen LogP contribution in [-0.4, -0.2) is 20.5 Å². The van der Waals surface area contributed by atoms with Gasteiger partial charge in [0.25, 0.3) is 0 Å². The van der Waals surface area contributed by atoms with Crippen LogP contribution in [0.5, 0.6) is 0 Å². The zero-order valence-electron chi connectivity index (χ0n) is 8.40. The third kappa shape index (κ3) is 1.66. The van der Waals surface area contributed by atoms with E-state index in [1.54, 1.807) is 14.2 Å². The van der Waals surface area contributed by atoms with Crippen molar-refractivity contribution in [2.75, 3.05) is 14.2 Å². The lowest BCUT2D eigenvalue weighted by Crippen LogP contribution is -2.28. The second kappa shape index (κ2) is 4.09. The highest BCUT2D eigenvalue weighted by Gasteiger charge is 2.26. The lowest BCUT2D eigenvalue weighted by atomic mass is 10.0. The normalized spacial score (nSPS) is 25.9. The quantitative estimate of drug-likeness (QED) is 0.719. The van der Waals surface area contributed by atoms with Crippen LogP contribution in [0.25, 0.3) is 0 Å². The highest BCUT2D eigenvalue weighted by molar-refractivity contribution is 5.30. The van der Waals surface area contributed by atoms with Crippen molar-refractivity contribution in [1.82, 2.24) is 0 Å². The highest BCUT2D eigenvalue weighted by Crippen LogP contribution is 2.30. The van der Waals surface area contributed by atoms with Crippen molar-refractivity contribution in [3.05, 3.63) is 35.4 Å². The van der Waals surface area contributed by atoms with E-state index in [0.717, 1.165) is 12.0 Å². The van der Waals surface area contributed by atoms with Crippen molar-refractivity contribution in [2.24, 2.45) is 0 Å². The summed E-state index contributed by atoms with van der Waals surface area (Å²) in [6.45, 7) is 0. The molecule has 3 nitrogen and oxygen atoms in total. The molecule has 0 bridgehead atoms. The molecule has 0 saturated heterocycles. The summed E-state index contributed by atoms with van der Waals surface area (Å²) >= 11 is 0. The maximum atomic E-state index is 5.57. The van der Waals surface area contributed by atoms with E-state index in [9.17, 15) is 0 Å². The van der Waals surface area contributed by atoms with Gasteiger partial charge in [-0.15, -0.1) is 0 Å². The molecule has 2 unspecified atom stereocenters. The third-order valence-corrected chi connectivity index (χ3v) is 2.45. The van der Waals surface area contributed by atoms with E-state index in [-0.39, 0.29) is 12.6 Å². The fourth-order valence-corrected chi connectivity index (χ4v) is 1.71. The molecule has 1 aromatic rings. The van der Waals surface area contributed by atoms with Gasteiger partial charge in [0, 0.05) is 26.2 Å². The Morgan fingerprint density at radius 1 is 1.21 bits per heavy atom. The van der Waals surface area contributed by atoms with Crippen molar-refractivity contribution in [3.63, 3.8) is 0 Å². The van der Waals surface area contributed by atoms with E-state index < -0.39 is 0 Å². The van der Waals surface area contributed by atoms with Crippen molar-refractivity contribution in [3.8, 4) is 0 Å². The maximum absolute atomic E-state index is 5.57. The number of rotatable bonds is 2. The summed E-state index contributed by atoms with van der Waals surface area (Å²) in [5.74, 6) is 0. The van der Waals surface area contributed by atoms with E-state index in [0.29, 0.717) is 0 Å². The molecule has 0 radical (unpaired) electrons. The number of ether oxygens (including phenoxy) is 3. The standard InChI is InChI=1S/C11H14O3/c1-12-10-7-8-5-3-4-6-9(8)11(13-2)14-10/h3-6,10-11H,7H2,1-2H3. The Balaban J connectivity index is 2.31. The van der Waals surface area contributed by atoms with Crippen LogP contribution < -0.4 is 0 Å². The van der Waals surface area contributed by atoms with Gasteiger partial charge in [0.05, 0.1) is 0 Å². The molecule has 0 saturated carbocycles. The molecule has 3 heteroatoms. The molecule has 0 aromatic heterocycles. The van der Waals surface area contributed by atoms with Gasteiger partial charge in [-0.25, -0.2) is 0 Å². The average Bonchev–Trinajstić information content (AvgIpc) is 2.27. The van der Waals surface area contributed by atoms with Gasteiger partial charge in [0.1, 0.15) is 0 Å². The molecule has 1 aliphatic rings. The maximum Gasteiger partial charge on any atom is 0.186 e. The van der Waals surface area contributed by atoms with E-state index in [4.69, 9.17) is 14.2 Å². The molecule has 0 spiro atoms. The summed E-state index contributed by atoms with van der Waals surface area (Å²) in [5.41, 5.74) is 2.33. The minimum absolute atomic E-state index is 0.199.